The van der Waals surface area contributed by atoms with E-state index in [2.05, 4.69) is 6.07 Å². The Balaban J connectivity index is 0.00000121. The molecule has 0 amide bonds. The van der Waals surface area contributed by atoms with Crippen LogP contribution in [0, 0.1) is 13.0 Å². The maximum atomic E-state index is 5.16. The molecule has 1 aromatic rings. The molecule has 0 aliphatic heterocycles. The molecule has 12 heavy (non-hydrogen) atoms. The summed E-state index contributed by atoms with van der Waals surface area (Å²) in [6.45, 7) is 2.25. The first-order chi connectivity index (χ1) is 5.33. The van der Waals surface area contributed by atoms with Crippen molar-refractivity contribution in [2.75, 3.05) is 13.9 Å². The number of hydrogen-bond acceptors (Lipinski definition) is 2. The van der Waals surface area contributed by atoms with E-state index in [1.165, 1.54) is 0 Å². The second-order valence-corrected chi connectivity index (χ2v) is 2.25. The molecule has 2 nitrogen and oxygen atoms in total. The molecule has 0 spiro atoms. The van der Waals surface area contributed by atoms with Crippen LogP contribution >= 0.6 is 0 Å². The van der Waals surface area contributed by atoms with Crippen molar-refractivity contribution in [1.82, 2.24) is 0 Å². The molecule has 0 bridgehead atoms. The van der Waals surface area contributed by atoms with Crippen molar-refractivity contribution >= 4 is 0 Å². The van der Waals surface area contributed by atoms with Gasteiger partial charge in [0.2, 0.25) is 0 Å². The van der Waals surface area contributed by atoms with Crippen molar-refractivity contribution < 1.29 is 28.3 Å². The van der Waals surface area contributed by atoms with Crippen molar-refractivity contribution in [2.24, 2.45) is 0 Å². The minimum Gasteiger partial charge on any atom is -0.493 e. The molecule has 0 N–H and O–H groups in total. The standard InChI is InChI=1S/C9H11O2.Li/c1-8-4-3-5-9(6-8)11-7-10-2;/h3-5H,7H2,1-2H3;/q-1;+1. The Kier molecular flexibility index (Phi) is 5.92. The van der Waals surface area contributed by atoms with Crippen LogP contribution in [0.15, 0.2) is 18.2 Å². The summed E-state index contributed by atoms with van der Waals surface area (Å²) in [5, 5.41) is 0. The minimum absolute atomic E-state index is 0. The zero-order valence-electron chi connectivity index (χ0n) is 7.76. The van der Waals surface area contributed by atoms with E-state index in [1.807, 2.05) is 25.1 Å². The molecule has 0 unspecified atom stereocenters. The van der Waals surface area contributed by atoms with Crippen molar-refractivity contribution in [1.29, 1.82) is 0 Å². The number of methoxy groups -OCH3 is 1. The van der Waals surface area contributed by atoms with Gasteiger partial charge in [-0.1, -0.05) is 6.92 Å². The van der Waals surface area contributed by atoms with Crippen LogP contribution in [0.2, 0.25) is 0 Å². The normalized spacial score (nSPS) is 8.83. The molecule has 0 saturated carbocycles. The Bertz CT molecular complexity index is 226. The molecule has 3 heteroatoms. The number of benzene rings is 1. The molecular formula is C9H11LiO2. The van der Waals surface area contributed by atoms with Crippen LogP contribution < -0.4 is 23.6 Å². The van der Waals surface area contributed by atoms with Gasteiger partial charge in [-0.3, -0.25) is 0 Å². The van der Waals surface area contributed by atoms with E-state index in [-0.39, 0.29) is 25.7 Å². The fourth-order valence-corrected chi connectivity index (χ4v) is 0.764. The second kappa shape index (κ2) is 6.13. The predicted octanol–water partition coefficient (Wildman–Crippen LogP) is -1.22. The fraction of sp³-hybridized carbons (Fsp3) is 0.333. The largest absolute Gasteiger partial charge is 1.00 e. The van der Waals surface area contributed by atoms with Crippen molar-refractivity contribution in [2.45, 2.75) is 6.92 Å². The zero-order valence-corrected chi connectivity index (χ0v) is 7.76. The summed E-state index contributed by atoms with van der Waals surface area (Å²) in [4.78, 5) is 0. The summed E-state index contributed by atoms with van der Waals surface area (Å²) in [5.74, 6) is 0.729. The topological polar surface area (TPSA) is 18.5 Å². The molecule has 0 aromatic heterocycles. The van der Waals surface area contributed by atoms with E-state index >= 15 is 0 Å². The van der Waals surface area contributed by atoms with E-state index in [0.717, 1.165) is 11.3 Å². The molecule has 60 valence electrons. The SMILES string of the molecule is COCOc1[c-]c(C)ccc1.[Li+]. The van der Waals surface area contributed by atoms with Crippen LogP contribution in [0.1, 0.15) is 5.56 Å². The van der Waals surface area contributed by atoms with Gasteiger partial charge in [-0.2, -0.15) is 17.7 Å². The van der Waals surface area contributed by atoms with Crippen LogP contribution in [-0.2, 0) is 4.74 Å². The van der Waals surface area contributed by atoms with Gasteiger partial charge in [0.25, 0.3) is 0 Å². The first-order valence-corrected chi connectivity index (χ1v) is 3.43. The Morgan fingerprint density at radius 1 is 1.42 bits per heavy atom. The first-order valence-electron chi connectivity index (χ1n) is 3.43. The molecule has 0 radical (unpaired) electrons. The summed E-state index contributed by atoms with van der Waals surface area (Å²) < 4.78 is 9.90. The third-order valence-corrected chi connectivity index (χ3v) is 1.25. The summed E-state index contributed by atoms with van der Waals surface area (Å²) >= 11 is 0. The first kappa shape index (κ1) is 11.6. The number of hydrogen-bond donors (Lipinski definition) is 0. The van der Waals surface area contributed by atoms with Gasteiger partial charge >= 0.3 is 18.9 Å². The van der Waals surface area contributed by atoms with Gasteiger partial charge in [0.1, 0.15) is 0 Å². The summed E-state index contributed by atoms with van der Waals surface area (Å²) in [7, 11) is 1.59. The Morgan fingerprint density at radius 3 is 2.75 bits per heavy atom. The molecule has 0 atom stereocenters. The summed E-state index contributed by atoms with van der Waals surface area (Å²) in [6, 6.07) is 8.79. The molecule has 1 aromatic carbocycles. The maximum absolute atomic E-state index is 5.16. The molecular weight excluding hydrogens is 147 g/mol. The van der Waals surface area contributed by atoms with Gasteiger partial charge in [0.05, 0.1) is 0 Å². The third-order valence-electron chi connectivity index (χ3n) is 1.25. The third kappa shape index (κ3) is 3.82. The van der Waals surface area contributed by atoms with Crippen LogP contribution in [0.25, 0.3) is 0 Å². The van der Waals surface area contributed by atoms with Gasteiger partial charge in [-0.25, -0.2) is 0 Å². The summed E-state index contributed by atoms with van der Waals surface area (Å²) in [5.41, 5.74) is 1.07. The van der Waals surface area contributed by atoms with Crippen LogP contribution in [-0.4, -0.2) is 13.9 Å². The van der Waals surface area contributed by atoms with Gasteiger partial charge < -0.3 is 9.47 Å². The fourth-order valence-electron chi connectivity index (χ4n) is 0.764. The van der Waals surface area contributed by atoms with Crippen LogP contribution in [0.4, 0.5) is 0 Å². The van der Waals surface area contributed by atoms with Gasteiger partial charge in [0, 0.05) is 12.9 Å². The maximum Gasteiger partial charge on any atom is 1.00 e. The van der Waals surface area contributed by atoms with Gasteiger partial charge in [0.15, 0.2) is 6.79 Å². The van der Waals surface area contributed by atoms with Gasteiger partial charge in [-0.15, -0.1) is 12.1 Å². The number of ether oxygens (including phenoxy) is 2. The Morgan fingerprint density at radius 2 is 2.17 bits per heavy atom. The smallest absolute Gasteiger partial charge is 0.493 e. The van der Waals surface area contributed by atoms with E-state index in [9.17, 15) is 0 Å². The zero-order chi connectivity index (χ0) is 8.10. The molecule has 0 heterocycles. The average Bonchev–Trinajstić information content (AvgIpc) is 2.01. The molecule has 0 aliphatic carbocycles. The van der Waals surface area contributed by atoms with Gasteiger partial charge in [-0.05, 0) is 0 Å². The van der Waals surface area contributed by atoms with E-state index < -0.39 is 0 Å². The van der Waals surface area contributed by atoms with Crippen LogP contribution in [0.3, 0.4) is 0 Å². The summed E-state index contributed by atoms with van der Waals surface area (Å²) in [6.07, 6.45) is 0. The Labute approximate surface area is 85.1 Å². The molecule has 0 fully saturated rings. The molecule has 0 saturated heterocycles. The molecule has 0 aliphatic rings. The second-order valence-electron chi connectivity index (χ2n) is 2.25. The van der Waals surface area contributed by atoms with E-state index in [0.29, 0.717) is 0 Å². The minimum atomic E-state index is 0. The number of aryl methyl sites for hydroxylation is 1. The van der Waals surface area contributed by atoms with Crippen molar-refractivity contribution in [3.8, 4) is 5.75 Å². The predicted molar refractivity (Wildman–Crippen MR) is 42.5 cm³/mol. The number of rotatable bonds is 3. The van der Waals surface area contributed by atoms with E-state index in [1.54, 1.807) is 7.11 Å². The van der Waals surface area contributed by atoms with Crippen molar-refractivity contribution in [3.05, 3.63) is 29.8 Å². The monoisotopic (exact) mass is 158 g/mol. The van der Waals surface area contributed by atoms with E-state index in [4.69, 9.17) is 9.47 Å². The average molecular weight is 158 g/mol. The Hall–Kier alpha value is -0.423. The van der Waals surface area contributed by atoms with Crippen LogP contribution in [0.5, 0.6) is 5.75 Å². The van der Waals surface area contributed by atoms with Crippen molar-refractivity contribution in [3.63, 3.8) is 0 Å². The quantitative estimate of drug-likeness (QED) is 0.312. The molecule has 1 rings (SSSR count).